The van der Waals surface area contributed by atoms with Gasteiger partial charge in [-0.15, -0.1) is 11.3 Å². The molecule has 132 valence electrons. The number of fused-ring (bicyclic) bond motifs is 1. The van der Waals surface area contributed by atoms with Crippen LogP contribution in [0, 0.1) is 0 Å². The lowest BCUT2D eigenvalue weighted by molar-refractivity contribution is 0.100. The van der Waals surface area contributed by atoms with E-state index in [2.05, 4.69) is 10.3 Å². The largest absolute Gasteiger partial charge is 0.366 e. The number of aromatic nitrogens is 1. The van der Waals surface area contributed by atoms with Crippen molar-refractivity contribution in [2.75, 3.05) is 5.32 Å². The summed E-state index contributed by atoms with van der Waals surface area (Å²) >= 11 is 1.26. The number of nitrogens with two attached hydrogens (primary N) is 1. The fourth-order valence-corrected chi connectivity index (χ4v) is 3.68. The molecule has 2 heterocycles. The molecule has 0 saturated carbocycles. The standard InChI is InChI=1S/C21H15N3O2S/c22-19(25)15-10-11-27-21(15)24-20(26)16-12-18(13-6-2-1-3-7-13)23-17-9-5-4-8-14(16)17/h1-12H,(H2,22,25)(H,24,26). The number of amides is 2. The van der Waals surface area contributed by atoms with E-state index >= 15 is 0 Å². The van der Waals surface area contributed by atoms with Crippen LogP contribution in [-0.2, 0) is 0 Å². The first-order valence-corrected chi connectivity index (χ1v) is 9.15. The molecule has 3 N–H and O–H groups in total. The minimum absolute atomic E-state index is 0.301. The van der Waals surface area contributed by atoms with Gasteiger partial charge in [-0.25, -0.2) is 4.98 Å². The smallest absolute Gasteiger partial charge is 0.257 e. The molecule has 0 unspecified atom stereocenters. The normalized spacial score (nSPS) is 10.7. The minimum Gasteiger partial charge on any atom is -0.366 e. The molecule has 0 atom stereocenters. The molecule has 2 aromatic carbocycles. The highest BCUT2D eigenvalue weighted by Gasteiger charge is 2.17. The molecule has 0 saturated heterocycles. The Kier molecular flexibility index (Phi) is 4.40. The van der Waals surface area contributed by atoms with Crippen LogP contribution in [0.1, 0.15) is 20.7 Å². The maximum atomic E-state index is 13.0. The van der Waals surface area contributed by atoms with Crippen molar-refractivity contribution in [1.29, 1.82) is 0 Å². The molecule has 27 heavy (non-hydrogen) atoms. The van der Waals surface area contributed by atoms with Crippen LogP contribution in [0.5, 0.6) is 0 Å². The summed E-state index contributed by atoms with van der Waals surface area (Å²) in [5.41, 5.74) is 8.52. The summed E-state index contributed by atoms with van der Waals surface area (Å²) in [6.07, 6.45) is 0. The van der Waals surface area contributed by atoms with E-state index in [1.807, 2.05) is 54.6 Å². The van der Waals surface area contributed by atoms with Crippen molar-refractivity contribution in [3.05, 3.63) is 83.2 Å². The van der Waals surface area contributed by atoms with Crippen molar-refractivity contribution in [3.63, 3.8) is 0 Å². The number of nitrogens with zero attached hydrogens (tertiary/aromatic N) is 1. The third kappa shape index (κ3) is 3.30. The van der Waals surface area contributed by atoms with Gasteiger partial charge in [-0.2, -0.15) is 0 Å². The SMILES string of the molecule is NC(=O)c1ccsc1NC(=O)c1cc(-c2ccccc2)nc2ccccc12. The zero-order valence-electron chi connectivity index (χ0n) is 14.2. The van der Waals surface area contributed by atoms with Gasteiger partial charge in [-0.05, 0) is 23.6 Å². The highest BCUT2D eigenvalue weighted by atomic mass is 32.1. The molecule has 0 radical (unpaired) electrons. The predicted molar refractivity (Wildman–Crippen MR) is 108 cm³/mol. The van der Waals surface area contributed by atoms with Gasteiger partial charge in [-0.3, -0.25) is 9.59 Å². The number of rotatable bonds is 4. The molecule has 0 aliphatic rings. The number of anilines is 1. The first-order valence-electron chi connectivity index (χ1n) is 8.27. The Morgan fingerprint density at radius 2 is 1.67 bits per heavy atom. The molecular formula is C21H15N3O2S. The molecule has 0 bridgehead atoms. The quantitative estimate of drug-likeness (QED) is 0.559. The summed E-state index contributed by atoms with van der Waals surface area (Å²) in [6.45, 7) is 0. The van der Waals surface area contributed by atoms with Gasteiger partial charge < -0.3 is 11.1 Å². The fraction of sp³-hybridized carbons (Fsp3) is 0. The zero-order valence-corrected chi connectivity index (χ0v) is 15.0. The Balaban J connectivity index is 1.81. The number of primary amides is 1. The van der Waals surface area contributed by atoms with Crippen molar-refractivity contribution in [2.45, 2.75) is 0 Å². The van der Waals surface area contributed by atoms with Gasteiger partial charge in [0.05, 0.1) is 22.3 Å². The number of para-hydroxylation sites is 1. The van der Waals surface area contributed by atoms with E-state index in [-0.39, 0.29) is 5.91 Å². The average Bonchev–Trinajstić information content (AvgIpc) is 3.16. The van der Waals surface area contributed by atoms with E-state index in [0.717, 1.165) is 16.5 Å². The number of hydrogen-bond acceptors (Lipinski definition) is 4. The average molecular weight is 373 g/mol. The summed E-state index contributed by atoms with van der Waals surface area (Å²) in [7, 11) is 0. The molecular weight excluding hydrogens is 358 g/mol. The second kappa shape index (κ2) is 7.01. The summed E-state index contributed by atoms with van der Waals surface area (Å²) in [6, 6.07) is 20.5. The van der Waals surface area contributed by atoms with E-state index in [1.165, 1.54) is 11.3 Å². The third-order valence-electron chi connectivity index (χ3n) is 4.19. The second-order valence-electron chi connectivity index (χ2n) is 5.92. The first-order chi connectivity index (χ1) is 13.1. The van der Waals surface area contributed by atoms with Gasteiger partial charge in [0, 0.05) is 10.9 Å². The van der Waals surface area contributed by atoms with Crippen LogP contribution in [0.25, 0.3) is 22.2 Å². The Hall–Kier alpha value is -3.51. The highest BCUT2D eigenvalue weighted by Crippen LogP contribution is 2.27. The summed E-state index contributed by atoms with van der Waals surface area (Å²) in [5, 5.41) is 5.71. The van der Waals surface area contributed by atoms with Gasteiger partial charge >= 0.3 is 0 Å². The number of carbonyl (C=O) groups is 2. The van der Waals surface area contributed by atoms with Crippen LogP contribution in [0.15, 0.2) is 72.1 Å². The van der Waals surface area contributed by atoms with E-state index in [1.54, 1.807) is 17.5 Å². The van der Waals surface area contributed by atoms with Crippen LogP contribution in [-0.4, -0.2) is 16.8 Å². The minimum atomic E-state index is -0.573. The second-order valence-corrected chi connectivity index (χ2v) is 6.84. The first kappa shape index (κ1) is 16.9. The van der Waals surface area contributed by atoms with E-state index in [0.29, 0.717) is 21.8 Å². The Morgan fingerprint density at radius 3 is 2.44 bits per heavy atom. The predicted octanol–water partition coefficient (Wildman–Crippen LogP) is 4.31. The summed E-state index contributed by atoms with van der Waals surface area (Å²) < 4.78 is 0. The number of hydrogen-bond donors (Lipinski definition) is 2. The Labute approximate surface area is 159 Å². The molecule has 2 amide bonds. The van der Waals surface area contributed by atoms with E-state index in [4.69, 9.17) is 5.73 Å². The van der Waals surface area contributed by atoms with E-state index in [9.17, 15) is 9.59 Å². The topological polar surface area (TPSA) is 85.1 Å². The maximum Gasteiger partial charge on any atom is 0.257 e. The highest BCUT2D eigenvalue weighted by molar-refractivity contribution is 7.14. The summed E-state index contributed by atoms with van der Waals surface area (Å²) in [4.78, 5) is 29.2. The van der Waals surface area contributed by atoms with Crippen molar-refractivity contribution < 1.29 is 9.59 Å². The van der Waals surface area contributed by atoms with Gasteiger partial charge in [0.2, 0.25) is 0 Å². The van der Waals surface area contributed by atoms with Gasteiger partial charge in [-0.1, -0.05) is 48.5 Å². The molecule has 5 nitrogen and oxygen atoms in total. The number of benzene rings is 2. The van der Waals surface area contributed by atoms with Crippen molar-refractivity contribution in [2.24, 2.45) is 5.73 Å². The zero-order chi connectivity index (χ0) is 18.8. The van der Waals surface area contributed by atoms with Crippen molar-refractivity contribution >= 4 is 39.1 Å². The van der Waals surface area contributed by atoms with Gasteiger partial charge in [0.25, 0.3) is 11.8 Å². The van der Waals surface area contributed by atoms with Gasteiger partial charge in [0.15, 0.2) is 0 Å². The number of carbonyl (C=O) groups excluding carboxylic acids is 2. The van der Waals surface area contributed by atoms with Crippen LogP contribution in [0.2, 0.25) is 0 Å². The molecule has 2 aromatic heterocycles. The Bertz CT molecular complexity index is 1150. The van der Waals surface area contributed by atoms with Crippen molar-refractivity contribution in [1.82, 2.24) is 4.98 Å². The number of thiophene rings is 1. The fourth-order valence-electron chi connectivity index (χ4n) is 2.89. The number of nitrogens with one attached hydrogen (secondary N) is 1. The lowest BCUT2D eigenvalue weighted by Crippen LogP contribution is -2.17. The summed E-state index contributed by atoms with van der Waals surface area (Å²) in [5.74, 6) is -0.883. The molecule has 0 spiro atoms. The lowest BCUT2D eigenvalue weighted by Gasteiger charge is -2.10. The van der Waals surface area contributed by atoms with Crippen LogP contribution < -0.4 is 11.1 Å². The van der Waals surface area contributed by atoms with Gasteiger partial charge in [0.1, 0.15) is 5.00 Å². The molecule has 6 heteroatoms. The molecule has 4 rings (SSSR count). The number of pyridine rings is 1. The Morgan fingerprint density at radius 1 is 0.926 bits per heavy atom. The van der Waals surface area contributed by atoms with E-state index < -0.39 is 5.91 Å². The molecule has 4 aromatic rings. The maximum absolute atomic E-state index is 13.0. The van der Waals surface area contributed by atoms with Crippen molar-refractivity contribution in [3.8, 4) is 11.3 Å². The third-order valence-corrected chi connectivity index (χ3v) is 5.02. The molecule has 0 fully saturated rings. The molecule has 0 aliphatic carbocycles. The van der Waals surface area contributed by atoms with Crippen LogP contribution in [0.4, 0.5) is 5.00 Å². The van der Waals surface area contributed by atoms with Crippen LogP contribution >= 0.6 is 11.3 Å². The molecule has 0 aliphatic heterocycles. The van der Waals surface area contributed by atoms with Crippen LogP contribution in [0.3, 0.4) is 0 Å². The monoisotopic (exact) mass is 373 g/mol. The lowest BCUT2D eigenvalue weighted by atomic mass is 10.0.